The van der Waals surface area contributed by atoms with Crippen LogP contribution in [0.15, 0.2) is 4.52 Å². The van der Waals surface area contributed by atoms with E-state index in [0.29, 0.717) is 11.8 Å². The summed E-state index contributed by atoms with van der Waals surface area (Å²) in [7, 11) is 0. The van der Waals surface area contributed by atoms with Crippen molar-refractivity contribution in [2.24, 2.45) is 11.8 Å². The Kier molecular flexibility index (Phi) is 3.23. The highest BCUT2D eigenvalue weighted by Crippen LogP contribution is 2.29. The van der Waals surface area contributed by atoms with E-state index in [4.69, 9.17) is 4.52 Å². The fourth-order valence-electron chi connectivity index (χ4n) is 2.28. The summed E-state index contributed by atoms with van der Waals surface area (Å²) >= 11 is 0. The Morgan fingerprint density at radius 3 is 2.87 bits per heavy atom. The zero-order valence-corrected chi connectivity index (χ0v) is 9.49. The van der Waals surface area contributed by atoms with Crippen LogP contribution >= 0.6 is 0 Å². The molecule has 2 atom stereocenters. The van der Waals surface area contributed by atoms with Crippen LogP contribution in [-0.4, -0.2) is 16.7 Å². The van der Waals surface area contributed by atoms with Gasteiger partial charge in [0.15, 0.2) is 5.82 Å². The van der Waals surface area contributed by atoms with Gasteiger partial charge in [-0.05, 0) is 25.2 Å². The number of nitrogens with zero attached hydrogens (tertiary/aromatic N) is 2. The SMILES string of the molecule is Cc1noc(NCC2CCCCC2C)n1. The second kappa shape index (κ2) is 4.64. The molecule has 1 aromatic heterocycles. The van der Waals surface area contributed by atoms with E-state index in [9.17, 15) is 0 Å². The largest absolute Gasteiger partial charge is 0.337 e. The monoisotopic (exact) mass is 209 g/mol. The minimum absolute atomic E-state index is 0.560. The standard InChI is InChI=1S/C11H19N3O/c1-8-5-3-4-6-10(8)7-12-11-13-9(2)14-15-11/h8,10H,3-7H2,1-2H3,(H,12,13,14). The second-order valence-corrected chi connectivity index (χ2v) is 4.55. The fraction of sp³-hybridized carbons (Fsp3) is 0.818. The number of hydrogen-bond donors (Lipinski definition) is 1. The van der Waals surface area contributed by atoms with Gasteiger partial charge in [0.2, 0.25) is 0 Å². The molecule has 84 valence electrons. The van der Waals surface area contributed by atoms with Gasteiger partial charge in [0.25, 0.3) is 0 Å². The first-order chi connectivity index (χ1) is 7.25. The fourth-order valence-corrected chi connectivity index (χ4v) is 2.28. The van der Waals surface area contributed by atoms with Gasteiger partial charge in [-0.2, -0.15) is 4.98 Å². The van der Waals surface area contributed by atoms with E-state index in [-0.39, 0.29) is 0 Å². The maximum atomic E-state index is 5.02. The third-order valence-corrected chi connectivity index (χ3v) is 3.33. The number of hydrogen-bond acceptors (Lipinski definition) is 4. The Morgan fingerprint density at radius 1 is 1.40 bits per heavy atom. The predicted molar refractivity (Wildman–Crippen MR) is 58.6 cm³/mol. The van der Waals surface area contributed by atoms with Crippen molar-refractivity contribution in [1.29, 1.82) is 0 Å². The normalized spacial score (nSPS) is 26.5. The third kappa shape index (κ3) is 2.70. The maximum Gasteiger partial charge on any atom is 0.321 e. The molecule has 4 heteroatoms. The lowest BCUT2D eigenvalue weighted by atomic mass is 9.80. The van der Waals surface area contributed by atoms with Gasteiger partial charge in [0.05, 0.1) is 0 Å². The van der Waals surface area contributed by atoms with E-state index in [2.05, 4.69) is 22.4 Å². The van der Waals surface area contributed by atoms with Crippen molar-refractivity contribution in [1.82, 2.24) is 10.1 Å². The molecule has 1 fully saturated rings. The highest BCUT2D eigenvalue weighted by atomic mass is 16.5. The molecule has 0 saturated heterocycles. The number of aryl methyl sites for hydroxylation is 1. The van der Waals surface area contributed by atoms with Gasteiger partial charge in [-0.25, -0.2) is 0 Å². The average Bonchev–Trinajstić information content (AvgIpc) is 2.63. The minimum atomic E-state index is 0.560. The lowest BCUT2D eigenvalue weighted by Crippen LogP contribution is -2.24. The van der Waals surface area contributed by atoms with Crippen molar-refractivity contribution < 1.29 is 4.52 Å². The number of nitrogens with one attached hydrogen (secondary N) is 1. The first kappa shape index (κ1) is 10.5. The molecule has 4 nitrogen and oxygen atoms in total. The Bertz CT molecular complexity index is 311. The first-order valence-electron chi connectivity index (χ1n) is 5.80. The van der Waals surface area contributed by atoms with E-state index in [1.165, 1.54) is 25.7 Å². The molecular weight excluding hydrogens is 190 g/mol. The minimum Gasteiger partial charge on any atom is -0.337 e. The molecule has 15 heavy (non-hydrogen) atoms. The van der Waals surface area contributed by atoms with Crippen LogP contribution in [0.2, 0.25) is 0 Å². The van der Waals surface area contributed by atoms with E-state index < -0.39 is 0 Å². The van der Waals surface area contributed by atoms with Crippen molar-refractivity contribution in [2.75, 3.05) is 11.9 Å². The van der Waals surface area contributed by atoms with Crippen molar-refractivity contribution in [3.05, 3.63) is 5.82 Å². The zero-order chi connectivity index (χ0) is 10.7. The average molecular weight is 209 g/mol. The summed E-state index contributed by atoms with van der Waals surface area (Å²) < 4.78 is 5.02. The van der Waals surface area contributed by atoms with Crippen LogP contribution in [0.1, 0.15) is 38.4 Å². The van der Waals surface area contributed by atoms with Gasteiger partial charge in [0, 0.05) is 6.54 Å². The Hall–Kier alpha value is -1.06. The van der Waals surface area contributed by atoms with Gasteiger partial charge in [-0.1, -0.05) is 31.3 Å². The van der Waals surface area contributed by atoms with Gasteiger partial charge < -0.3 is 9.84 Å². The van der Waals surface area contributed by atoms with Crippen LogP contribution in [0.5, 0.6) is 0 Å². The molecule has 0 aromatic carbocycles. The molecule has 2 rings (SSSR count). The molecule has 0 bridgehead atoms. The third-order valence-electron chi connectivity index (χ3n) is 3.33. The van der Waals surface area contributed by atoms with Crippen molar-refractivity contribution >= 4 is 6.01 Å². The maximum absolute atomic E-state index is 5.02. The van der Waals surface area contributed by atoms with Gasteiger partial charge in [-0.15, -0.1) is 0 Å². The Labute approximate surface area is 90.4 Å². The van der Waals surface area contributed by atoms with Crippen molar-refractivity contribution in [3.8, 4) is 0 Å². The summed E-state index contributed by atoms with van der Waals surface area (Å²) in [6.45, 7) is 5.13. The second-order valence-electron chi connectivity index (χ2n) is 4.55. The molecule has 2 unspecified atom stereocenters. The molecule has 1 saturated carbocycles. The van der Waals surface area contributed by atoms with Crippen molar-refractivity contribution in [2.45, 2.75) is 39.5 Å². The molecule has 1 N–H and O–H groups in total. The van der Waals surface area contributed by atoms with Gasteiger partial charge >= 0.3 is 6.01 Å². The van der Waals surface area contributed by atoms with Crippen LogP contribution in [-0.2, 0) is 0 Å². The van der Waals surface area contributed by atoms with Crippen LogP contribution in [0.4, 0.5) is 6.01 Å². The molecular formula is C11H19N3O. The van der Waals surface area contributed by atoms with Gasteiger partial charge in [-0.3, -0.25) is 0 Å². The molecule has 1 heterocycles. The Morgan fingerprint density at radius 2 is 2.20 bits per heavy atom. The van der Waals surface area contributed by atoms with E-state index in [0.717, 1.165) is 18.4 Å². The van der Waals surface area contributed by atoms with Crippen LogP contribution in [0.3, 0.4) is 0 Å². The highest BCUT2D eigenvalue weighted by molar-refractivity contribution is 5.17. The molecule has 1 aliphatic carbocycles. The lowest BCUT2D eigenvalue weighted by Gasteiger charge is -2.28. The summed E-state index contributed by atoms with van der Waals surface area (Å²) in [6.07, 6.45) is 5.42. The molecule has 0 radical (unpaired) electrons. The van der Waals surface area contributed by atoms with Crippen molar-refractivity contribution in [3.63, 3.8) is 0 Å². The summed E-state index contributed by atoms with van der Waals surface area (Å²) in [5, 5.41) is 6.98. The molecule has 0 spiro atoms. The number of rotatable bonds is 3. The van der Waals surface area contributed by atoms with E-state index >= 15 is 0 Å². The quantitative estimate of drug-likeness (QED) is 0.831. The lowest BCUT2D eigenvalue weighted by molar-refractivity contribution is 0.266. The summed E-state index contributed by atoms with van der Waals surface area (Å²) in [5.74, 6) is 2.26. The van der Waals surface area contributed by atoms with Gasteiger partial charge in [0.1, 0.15) is 0 Å². The Balaban J connectivity index is 1.81. The summed E-state index contributed by atoms with van der Waals surface area (Å²) in [4.78, 5) is 4.13. The van der Waals surface area contributed by atoms with Crippen LogP contribution in [0, 0.1) is 18.8 Å². The molecule has 1 aromatic rings. The number of aromatic nitrogens is 2. The predicted octanol–water partition coefficient (Wildman–Crippen LogP) is 2.62. The van der Waals surface area contributed by atoms with E-state index in [1.807, 2.05) is 6.92 Å². The molecule has 0 aliphatic heterocycles. The smallest absolute Gasteiger partial charge is 0.321 e. The molecule has 1 aliphatic rings. The summed E-state index contributed by atoms with van der Waals surface area (Å²) in [5.41, 5.74) is 0. The zero-order valence-electron chi connectivity index (χ0n) is 9.49. The van der Waals surface area contributed by atoms with Crippen LogP contribution in [0.25, 0.3) is 0 Å². The first-order valence-corrected chi connectivity index (χ1v) is 5.80. The molecule has 0 amide bonds. The van der Waals surface area contributed by atoms with Crippen LogP contribution < -0.4 is 5.32 Å². The summed E-state index contributed by atoms with van der Waals surface area (Å²) in [6, 6.07) is 0.560. The topological polar surface area (TPSA) is 51.0 Å². The highest BCUT2D eigenvalue weighted by Gasteiger charge is 2.21. The number of anilines is 1. The van der Waals surface area contributed by atoms with E-state index in [1.54, 1.807) is 0 Å².